The fourth-order valence-corrected chi connectivity index (χ4v) is 3.08. The van der Waals surface area contributed by atoms with Crippen LogP contribution in [0.3, 0.4) is 0 Å². The van der Waals surface area contributed by atoms with Gasteiger partial charge in [0.15, 0.2) is 0 Å². The van der Waals surface area contributed by atoms with E-state index in [9.17, 15) is 9.59 Å². The Morgan fingerprint density at radius 2 is 1.50 bits per heavy atom. The highest BCUT2D eigenvalue weighted by molar-refractivity contribution is 6.05. The predicted octanol–water partition coefficient (Wildman–Crippen LogP) is 4.16. The minimum absolute atomic E-state index is 0.0843. The molecule has 0 bridgehead atoms. The van der Waals surface area contributed by atoms with Gasteiger partial charge in [-0.3, -0.25) is 14.6 Å². The number of carbonyl (C=O) groups excluding carboxylic acids is 2. The first-order valence-corrected chi connectivity index (χ1v) is 9.99. The molecule has 2 amide bonds. The second-order valence-corrected chi connectivity index (χ2v) is 6.96. The Kier molecular flexibility index (Phi) is 6.43. The summed E-state index contributed by atoms with van der Waals surface area (Å²) in [5, 5.41) is 8.82. The molecular weight excluding hydrogens is 400 g/mol. The fraction of sp³-hybridized carbons (Fsp3) is 0. The Labute approximate surface area is 185 Å². The van der Waals surface area contributed by atoms with Gasteiger partial charge in [0, 0.05) is 18.0 Å². The molecule has 0 unspecified atom stereocenters. The van der Waals surface area contributed by atoms with Crippen LogP contribution in [0.4, 0.5) is 0 Å². The molecule has 2 N–H and O–H groups in total. The topological polar surface area (TPSA) is 83.4 Å². The van der Waals surface area contributed by atoms with E-state index in [1.165, 1.54) is 6.21 Å². The largest absolute Gasteiger partial charge is 0.317 e. The molecule has 0 aliphatic rings. The standard InChI is InChI=1S/C26H20N4O2/c31-25(22-7-2-1-3-8-22)29-24(26(32)30-28-18-19-12-14-27-15-13-19)17-20-10-11-21-6-4-5-9-23(21)16-20/h1-18H,(H,29,31)(H,30,32)/b24-17-,28-18+. The number of hydrogen-bond acceptors (Lipinski definition) is 4. The zero-order valence-electron chi connectivity index (χ0n) is 17.1. The van der Waals surface area contributed by atoms with Gasteiger partial charge in [0.05, 0.1) is 6.21 Å². The van der Waals surface area contributed by atoms with Crippen molar-refractivity contribution in [2.75, 3.05) is 0 Å². The van der Waals surface area contributed by atoms with E-state index in [2.05, 4.69) is 20.8 Å². The molecule has 0 saturated carbocycles. The van der Waals surface area contributed by atoms with Crippen molar-refractivity contribution < 1.29 is 9.59 Å². The molecule has 1 aromatic heterocycles. The van der Waals surface area contributed by atoms with Crippen molar-refractivity contribution in [2.24, 2.45) is 5.10 Å². The smallest absolute Gasteiger partial charge is 0.287 e. The highest BCUT2D eigenvalue weighted by Crippen LogP contribution is 2.17. The maximum absolute atomic E-state index is 12.8. The van der Waals surface area contributed by atoms with Gasteiger partial charge in [0.25, 0.3) is 11.8 Å². The summed E-state index contributed by atoms with van der Waals surface area (Å²) in [5.41, 5.74) is 4.57. The average Bonchev–Trinajstić information content (AvgIpc) is 2.84. The molecule has 156 valence electrons. The van der Waals surface area contributed by atoms with Gasteiger partial charge in [-0.1, -0.05) is 54.6 Å². The van der Waals surface area contributed by atoms with Crippen LogP contribution in [0.2, 0.25) is 0 Å². The number of hydrazone groups is 1. The molecular formula is C26H20N4O2. The molecule has 32 heavy (non-hydrogen) atoms. The maximum Gasteiger partial charge on any atom is 0.287 e. The molecule has 0 aliphatic heterocycles. The number of rotatable bonds is 6. The minimum Gasteiger partial charge on any atom is -0.317 e. The van der Waals surface area contributed by atoms with Gasteiger partial charge in [-0.2, -0.15) is 5.10 Å². The molecule has 0 fully saturated rings. The lowest BCUT2D eigenvalue weighted by Gasteiger charge is -2.09. The molecule has 6 nitrogen and oxygen atoms in total. The zero-order valence-corrected chi connectivity index (χ0v) is 17.1. The third-order valence-electron chi connectivity index (χ3n) is 4.70. The molecule has 0 spiro atoms. The molecule has 4 rings (SSSR count). The average molecular weight is 420 g/mol. The first-order chi connectivity index (χ1) is 15.7. The van der Waals surface area contributed by atoms with Crippen molar-refractivity contribution in [3.8, 4) is 0 Å². The van der Waals surface area contributed by atoms with Gasteiger partial charge in [0.2, 0.25) is 0 Å². The second kappa shape index (κ2) is 9.95. The first kappa shape index (κ1) is 20.7. The monoisotopic (exact) mass is 420 g/mol. The van der Waals surface area contributed by atoms with Crippen LogP contribution in [0.25, 0.3) is 16.8 Å². The van der Waals surface area contributed by atoms with Crippen LogP contribution < -0.4 is 10.7 Å². The molecule has 0 aliphatic carbocycles. The summed E-state index contributed by atoms with van der Waals surface area (Å²) >= 11 is 0. The van der Waals surface area contributed by atoms with E-state index in [0.29, 0.717) is 5.56 Å². The van der Waals surface area contributed by atoms with Crippen molar-refractivity contribution in [1.29, 1.82) is 0 Å². The normalized spacial score (nSPS) is 11.4. The molecule has 1 heterocycles. The van der Waals surface area contributed by atoms with E-state index in [-0.39, 0.29) is 11.6 Å². The van der Waals surface area contributed by atoms with E-state index < -0.39 is 5.91 Å². The third kappa shape index (κ3) is 5.31. The van der Waals surface area contributed by atoms with Crippen LogP contribution in [0.1, 0.15) is 21.5 Å². The number of pyridine rings is 1. The van der Waals surface area contributed by atoms with Crippen molar-refractivity contribution in [1.82, 2.24) is 15.7 Å². The van der Waals surface area contributed by atoms with Crippen molar-refractivity contribution in [2.45, 2.75) is 0 Å². The number of hydrogen-bond donors (Lipinski definition) is 2. The Hall–Kier alpha value is -4.58. The first-order valence-electron chi connectivity index (χ1n) is 9.99. The Balaban J connectivity index is 1.60. The highest BCUT2D eigenvalue weighted by Gasteiger charge is 2.14. The number of fused-ring (bicyclic) bond motifs is 1. The molecule has 6 heteroatoms. The van der Waals surface area contributed by atoms with Crippen LogP contribution in [0, 0.1) is 0 Å². The van der Waals surface area contributed by atoms with Gasteiger partial charge in [-0.15, -0.1) is 0 Å². The van der Waals surface area contributed by atoms with Gasteiger partial charge >= 0.3 is 0 Å². The quantitative estimate of drug-likeness (QED) is 0.279. The fourth-order valence-electron chi connectivity index (χ4n) is 3.08. The second-order valence-electron chi connectivity index (χ2n) is 6.96. The van der Waals surface area contributed by atoms with Gasteiger partial charge in [0.1, 0.15) is 5.70 Å². The number of aromatic nitrogens is 1. The lowest BCUT2D eigenvalue weighted by Crippen LogP contribution is -2.32. The lowest BCUT2D eigenvalue weighted by molar-refractivity contribution is -0.117. The predicted molar refractivity (Wildman–Crippen MR) is 126 cm³/mol. The van der Waals surface area contributed by atoms with E-state index in [0.717, 1.165) is 21.9 Å². The van der Waals surface area contributed by atoms with Crippen LogP contribution in [-0.2, 0) is 4.79 Å². The van der Waals surface area contributed by atoms with Crippen LogP contribution in [0.15, 0.2) is 108 Å². The van der Waals surface area contributed by atoms with Crippen molar-refractivity contribution in [3.05, 3.63) is 120 Å². The van der Waals surface area contributed by atoms with Gasteiger partial charge in [-0.05, 0) is 58.3 Å². The molecule has 3 aromatic carbocycles. The van der Waals surface area contributed by atoms with Gasteiger partial charge in [-0.25, -0.2) is 5.43 Å². The maximum atomic E-state index is 12.8. The summed E-state index contributed by atoms with van der Waals surface area (Å²) < 4.78 is 0. The van der Waals surface area contributed by atoms with Crippen LogP contribution in [-0.4, -0.2) is 23.0 Å². The molecule has 0 atom stereocenters. The Morgan fingerprint density at radius 1 is 0.781 bits per heavy atom. The summed E-state index contributed by atoms with van der Waals surface area (Å²) in [6, 6.07) is 26.0. The van der Waals surface area contributed by atoms with Crippen LogP contribution >= 0.6 is 0 Å². The van der Waals surface area contributed by atoms with Crippen LogP contribution in [0.5, 0.6) is 0 Å². The van der Waals surface area contributed by atoms with E-state index in [4.69, 9.17) is 0 Å². The summed E-state index contributed by atoms with van der Waals surface area (Å²) in [4.78, 5) is 29.5. The van der Waals surface area contributed by atoms with E-state index >= 15 is 0 Å². The summed E-state index contributed by atoms with van der Waals surface area (Å²) in [6.45, 7) is 0. The highest BCUT2D eigenvalue weighted by atomic mass is 16.2. The number of nitrogens with one attached hydrogen (secondary N) is 2. The Bertz CT molecular complexity index is 1300. The van der Waals surface area contributed by atoms with E-state index in [1.807, 2.05) is 48.5 Å². The summed E-state index contributed by atoms with van der Waals surface area (Å²) in [7, 11) is 0. The number of benzene rings is 3. The summed E-state index contributed by atoms with van der Waals surface area (Å²) in [5.74, 6) is -0.918. The van der Waals surface area contributed by atoms with Crippen molar-refractivity contribution >= 4 is 34.9 Å². The number of carbonyl (C=O) groups is 2. The van der Waals surface area contributed by atoms with E-state index in [1.54, 1.807) is 54.9 Å². The SMILES string of the molecule is O=C(N/N=C/c1ccncc1)/C(=C/c1ccc2ccccc2c1)NC(=O)c1ccccc1. The molecule has 0 saturated heterocycles. The molecule has 4 aromatic rings. The third-order valence-corrected chi connectivity index (χ3v) is 4.70. The van der Waals surface area contributed by atoms with Gasteiger partial charge < -0.3 is 5.32 Å². The zero-order chi connectivity index (χ0) is 22.2. The lowest BCUT2D eigenvalue weighted by atomic mass is 10.1. The molecule has 0 radical (unpaired) electrons. The number of nitrogens with zero attached hydrogens (tertiary/aromatic N) is 2. The summed E-state index contributed by atoms with van der Waals surface area (Å²) in [6.07, 6.45) is 6.40. The Morgan fingerprint density at radius 3 is 2.28 bits per heavy atom. The van der Waals surface area contributed by atoms with Crippen molar-refractivity contribution in [3.63, 3.8) is 0 Å². The number of amides is 2. The minimum atomic E-state index is -0.534.